The van der Waals surface area contributed by atoms with Gasteiger partial charge in [-0.1, -0.05) is 35.9 Å². The fourth-order valence-electron chi connectivity index (χ4n) is 2.38. The van der Waals surface area contributed by atoms with Crippen LogP contribution in [0.2, 0.25) is 5.15 Å². The molecule has 0 unspecified atom stereocenters. The topological polar surface area (TPSA) is 67.3 Å². The van der Waals surface area contributed by atoms with Gasteiger partial charge in [0.25, 0.3) is 0 Å². The number of nitrogens with zero attached hydrogens (tertiary/aromatic N) is 2. The van der Waals surface area contributed by atoms with Crippen molar-refractivity contribution < 1.29 is 9.84 Å². The Labute approximate surface area is 121 Å². The molecule has 3 rings (SSSR count). The highest BCUT2D eigenvalue weighted by Crippen LogP contribution is 2.27. The van der Waals surface area contributed by atoms with Crippen molar-refractivity contribution in [2.24, 2.45) is 0 Å². The molecule has 5 nitrogen and oxygen atoms in total. The second kappa shape index (κ2) is 5.52. The van der Waals surface area contributed by atoms with Crippen LogP contribution in [0.4, 0.5) is 5.82 Å². The Bertz CT molecular complexity index is 614. The molecule has 1 saturated heterocycles. The molecular weight excluding hydrogens is 278 g/mol. The van der Waals surface area contributed by atoms with E-state index in [9.17, 15) is 5.11 Å². The van der Waals surface area contributed by atoms with Gasteiger partial charge in [-0.15, -0.1) is 10.2 Å². The fourth-order valence-corrected chi connectivity index (χ4v) is 2.58. The molecular formula is C14H16ClN3O2. The van der Waals surface area contributed by atoms with E-state index in [1.165, 1.54) is 0 Å². The fraction of sp³-hybridized carbons (Fsp3) is 0.429. The van der Waals surface area contributed by atoms with Crippen LogP contribution in [0, 0.1) is 0 Å². The number of fused-ring (bicyclic) bond motifs is 1. The molecule has 1 aliphatic rings. The van der Waals surface area contributed by atoms with Gasteiger partial charge in [0.2, 0.25) is 0 Å². The quantitative estimate of drug-likeness (QED) is 0.908. The Morgan fingerprint density at radius 2 is 1.90 bits per heavy atom. The van der Waals surface area contributed by atoms with Crippen molar-refractivity contribution >= 4 is 28.2 Å². The van der Waals surface area contributed by atoms with E-state index < -0.39 is 5.60 Å². The molecule has 0 bridgehead atoms. The third-order valence-corrected chi connectivity index (χ3v) is 3.93. The van der Waals surface area contributed by atoms with E-state index >= 15 is 0 Å². The molecule has 1 aromatic heterocycles. The Kier molecular flexibility index (Phi) is 3.74. The summed E-state index contributed by atoms with van der Waals surface area (Å²) in [4.78, 5) is 0. The van der Waals surface area contributed by atoms with Crippen molar-refractivity contribution in [3.05, 3.63) is 29.4 Å². The standard InChI is InChI=1S/C14H16ClN3O2/c15-12-10-3-1-2-4-11(10)13(18-17-12)16-9-14(19)5-7-20-8-6-14/h1-4,19H,5-9H2,(H,16,18). The highest BCUT2D eigenvalue weighted by molar-refractivity contribution is 6.34. The zero-order valence-corrected chi connectivity index (χ0v) is 11.7. The van der Waals surface area contributed by atoms with Crippen molar-refractivity contribution in [2.45, 2.75) is 18.4 Å². The Morgan fingerprint density at radius 3 is 2.65 bits per heavy atom. The van der Waals surface area contributed by atoms with Crippen LogP contribution in [0.5, 0.6) is 0 Å². The van der Waals surface area contributed by atoms with Crippen molar-refractivity contribution in [3.63, 3.8) is 0 Å². The van der Waals surface area contributed by atoms with Gasteiger partial charge in [-0.05, 0) is 0 Å². The third-order valence-electron chi connectivity index (χ3n) is 3.65. The molecule has 0 atom stereocenters. The third kappa shape index (κ3) is 2.70. The maximum absolute atomic E-state index is 10.4. The molecule has 0 saturated carbocycles. The summed E-state index contributed by atoms with van der Waals surface area (Å²) in [7, 11) is 0. The minimum Gasteiger partial charge on any atom is -0.388 e. The highest BCUT2D eigenvalue weighted by atomic mass is 35.5. The summed E-state index contributed by atoms with van der Waals surface area (Å²) in [5, 5.41) is 23.8. The average Bonchev–Trinajstić information content (AvgIpc) is 2.48. The molecule has 2 N–H and O–H groups in total. The summed E-state index contributed by atoms with van der Waals surface area (Å²) in [6, 6.07) is 7.67. The maximum Gasteiger partial charge on any atom is 0.159 e. The van der Waals surface area contributed by atoms with E-state index in [1.807, 2.05) is 24.3 Å². The van der Waals surface area contributed by atoms with Gasteiger partial charge in [-0.2, -0.15) is 0 Å². The summed E-state index contributed by atoms with van der Waals surface area (Å²) >= 11 is 6.04. The Balaban J connectivity index is 1.82. The SMILES string of the molecule is OC1(CNc2nnc(Cl)c3ccccc23)CCOCC1. The van der Waals surface area contributed by atoms with Crippen molar-refractivity contribution in [1.82, 2.24) is 10.2 Å². The smallest absolute Gasteiger partial charge is 0.159 e. The second-order valence-electron chi connectivity index (χ2n) is 5.08. The van der Waals surface area contributed by atoms with Crippen LogP contribution in [-0.2, 0) is 4.74 Å². The maximum atomic E-state index is 10.4. The first-order chi connectivity index (χ1) is 9.68. The lowest BCUT2D eigenvalue weighted by Gasteiger charge is -2.32. The number of rotatable bonds is 3. The van der Waals surface area contributed by atoms with Gasteiger partial charge in [0.1, 0.15) is 0 Å². The molecule has 0 radical (unpaired) electrons. The number of anilines is 1. The summed E-state index contributed by atoms with van der Waals surface area (Å²) in [6.45, 7) is 1.60. The van der Waals surface area contributed by atoms with E-state index in [0.29, 0.717) is 43.6 Å². The van der Waals surface area contributed by atoms with Gasteiger partial charge in [0.05, 0.1) is 5.60 Å². The van der Waals surface area contributed by atoms with E-state index in [2.05, 4.69) is 15.5 Å². The molecule has 1 fully saturated rings. The van der Waals surface area contributed by atoms with Crippen LogP contribution in [0.3, 0.4) is 0 Å². The number of aromatic nitrogens is 2. The van der Waals surface area contributed by atoms with Crippen LogP contribution in [0.1, 0.15) is 12.8 Å². The Morgan fingerprint density at radius 1 is 1.20 bits per heavy atom. The molecule has 2 heterocycles. The summed E-state index contributed by atoms with van der Waals surface area (Å²) < 4.78 is 5.27. The van der Waals surface area contributed by atoms with Crippen LogP contribution < -0.4 is 5.32 Å². The van der Waals surface area contributed by atoms with Crippen molar-refractivity contribution in [1.29, 1.82) is 0 Å². The molecule has 1 aliphatic heterocycles. The first-order valence-corrected chi connectivity index (χ1v) is 7.01. The largest absolute Gasteiger partial charge is 0.388 e. The van der Waals surface area contributed by atoms with Crippen LogP contribution in [-0.4, -0.2) is 40.7 Å². The predicted octanol–water partition coefficient (Wildman–Crippen LogP) is 2.24. The van der Waals surface area contributed by atoms with E-state index in [-0.39, 0.29) is 0 Å². The molecule has 0 spiro atoms. The number of benzene rings is 1. The molecule has 0 amide bonds. The number of ether oxygens (including phenoxy) is 1. The van der Waals surface area contributed by atoms with Gasteiger partial charge >= 0.3 is 0 Å². The zero-order chi connectivity index (χ0) is 14.0. The highest BCUT2D eigenvalue weighted by Gasteiger charge is 2.29. The predicted molar refractivity (Wildman–Crippen MR) is 78.0 cm³/mol. The van der Waals surface area contributed by atoms with Gasteiger partial charge in [-0.25, -0.2) is 0 Å². The lowest BCUT2D eigenvalue weighted by Crippen LogP contribution is -2.42. The monoisotopic (exact) mass is 293 g/mol. The van der Waals surface area contributed by atoms with Crippen molar-refractivity contribution in [2.75, 3.05) is 25.1 Å². The molecule has 106 valence electrons. The van der Waals surface area contributed by atoms with Gasteiger partial charge in [0.15, 0.2) is 11.0 Å². The number of nitrogens with one attached hydrogen (secondary N) is 1. The molecule has 20 heavy (non-hydrogen) atoms. The van der Waals surface area contributed by atoms with Crippen LogP contribution in [0.25, 0.3) is 10.8 Å². The van der Waals surface area contributed by atoms with Gasteiger partial charge in [0, 0.05) is 43.4 Å². The van der Waals surface area contributed by atoms with E-state index in [4.69, 9.17) is 16.3 Å². The minimum absolute atomic E-state index is 0.385. The first kappa shape index (κ1) is 13.5. The summed E-state index contributed by atoms with van der Waals surface area (Å²) in [6.07, 6.45) is 1.25. The number of hydrogen-bond acceptors (Lipinski definition) is 5. The average molecular weight is 294 g/mol. The minimum atomic E-state index is -0.749. The number of aliphatic hydroxyl groups is 1. The number of hydrogen-bond donors (Lipinski definition) is 2. The summed E-state index contributed by atoms with van der Waals surface area (Å²) in [5.41, 5.74) is -0.749. The molecule has 0 aliphatic carbocycles. The second-order valence-corrected chi connectivity index (χ2v) is 5.43. The van der Waals surface area contributed by atoms with Gasteiger partial charge in [-0.3, -0.25) is 0 Å². The van der Waals surface area contributed by atoms with Gasteiger partial charge < -0.3 is 15.2 Å². The van der Waals surface area contributed by atoms with E-state index in [1.54, 1.807) is 0 Å². The molecule has 1 aromatic carbocycles. The number of halogens is 1. The lowest BCUT2D eigenvalue weighted by atomic mass is 9.94. The van der Waals surface area contributed by atoms with E-state index in [0.717, 1.165) is 10.8 Å². The first-order valence-electron chi connectivity index (χ1n) is 6.63. The summed E-state index contributed by atoms with van der Waals surface area (Å²) in [5.74, 6) is 0.643. The lowest BCUT2D eigenvalue weighted by molar-refractivity contribution is -0.0543. The van der Waals surface area contributed by atoms with Crippen LogP contribution in [0.15, 0.2) is 24.3 Å². The Hall–Kier alpha value is -1.43. The molecule has 2 aromatic rings. The van der Waals surface area contributed by atoms with Crippen molar-refractivity contribution in [3.8, 4) is 0 Å². The zero-order valence-electron chi connectivity index (χ0n) is 11.0. The normalized spacial score (nSPS) is 18.1. The van der Waals surface area contributed by atoms with Crippen LogP contribution >= 0.6 is 11.6 Å². The molecule has 6 heteroatoms.